The number of ether oxygens (including phenoxy) is 1. The predicted octanol–water partition coefficient (Wildman–Crippen LogP) is -0.284. The number of amides is 1. The van der Waals surface area contributed by atoms with Crippen LogP contribution in [0.1, 0.15) is 0 Å². The zero-order chi connectivity index (χ0) is 12.1. The number of methoxy groups -OCH3 is 1. The normalized spacial score (nSPS) is 9.75. The zero-order valence-corrected chi connectivity index (χ0v) is 9.95. The summed E-state index contributed by atoms with van der Waals surface area (Å²) in [5.41, 5.74) is 0. The van der Waals surface area contributed by atoms with Crippen LogP contribution in [0.4, 0.5) is 5.95 Å². The predicted molar refractivity (Wildman–Crippen MR) is 58.7 cm³/mol. The molecule has 1 heterocycles. The number of nitrogens with zero attached hydrogens (tertiary/aromatic N) is 4. The third-order valence-electron chi connectivity index (χ3n) is 1.76. The molecule has 1 aromatic heterocycles. The smallest absolute Gasteiger partial charge is 0.322 e. The van der Waals surface area contributed by atoms with Crippen LogP contribution in [0.5, 0.6) is 6.01 Å². The van der Waals surface area contributed by atoms with Gasteiger partial charge in [-0.25, -0.2) is 0 Å². The van der Waals surface area contributed by atoms with Crippen molar-refractivity contribution in [3.05, 3.63) is 5.28 Å². The molecule has 0 spiro atoms. The van der Waals surface area contributed by atoms with Crippen molar-refractivity contribution in [3.8, 4) is 6.01 Å². The summed E-state index contributed by atoms with van der Waals surface area (Å²) in [6, 6.07) is 0.110. The molecule has 88 valence electrons. The van der Waals surface area contributed by atoms with E-state index in [2.05, 4.69) is 20.3 Å². The van der Waals surface area contributed by atoms with Gasteiger partial charge in [0.25, 0.3) is 0 Å². The highest BCUT2D eigenvalue weighted by atomic mass is 35.5. The monoisotopic (exact) mass is 245 g/mol. The van der Waals surface area contributed by atoms with Crippen molar-refractivity contribution in [2.75, 3.05) is 32.6 Å². The van der Waals surface area contributed by atoms with Crippen molar-refractivity contribution in [3.63, 3.8) is 0 Å². The van der Waals surface area contributed by atoms with Crippen molar-refractivity contribution < 1.29 is 9.53 Å². The van der Waals surface area contributed by atoms with Crippen molar-refractivity contribution in [2.45, 2.75) is 0 Å². The van der Waals surface area contributed by atoms with E-state index in [1.807, 2.05) is 0 Å². The summed E-state index contributed by atoms with van der Waals surface area (Å²) in [6.45, 7) is 0.125. The molecule has 0 unspecified atom stereocenters. The summed E-state index contributed by atoms with van der Waals surface area (Å²) in [7, 11) is 4.64. The standard InChI is InChI=1S/C8H12ClN5O2/c1-10-5(15)4-14(2)7-11-6(9)12-8(13-7)16-3/h4H2,1-3H3,(H,10,15). The first-order valence-corrected chi connectivity index (χ1v) is 4.82. The number of halogens is 1. The van der Waals surface area contributed by atoms with Gasteiger partial charge in [0.1, 0.15) is 0 Å². The SMILES string of the molecule is CNC(=O)CN(C)c1nc(Cl)nc(OC)n1. The van der Waals surface area contributed by atoms with E-state index in [4.69, 9.17) is 16.3 Å². The van der Waals surface area contributed by atoms with E-state index in [0.717, 1.165) is 0 Å². The zero-order valence-electron chi connectivity index (χ0n) is 9.19. The largest absolute Gasteiger partial charge is 0.467 e. The highest BCUT2D eigenvalue weighted by Crippen LogP contribution is 2.13. The third kappa shape index (κ3) is 3.20. The van der Waals surface area contributed by atoms with Gasteiger partial charge in [-0.3, -0.25) is 4.79 Å². The fraction of sp³-hybridized carbons (Fsp3) is 0.500. The number of anilines is 1. The second kappa shape index (κ2) is 5.45. The Morgan fingerprint density at radius 3 is 2.75 bits per heavy atom. The van der Waals surface area contributed by atoms with Crippen LogP contribution in [0.15, 0.2) is 0 Å². The van der Waals surface area contributed by atoms with E-state index in [1.165, 1.54) is 12.0 Å². The van der Waals surface area contributed by atoms with Gasteiger partial charge in [0.05, 0.1) is 13.7 Å². The number of hydrogen-bond acceptors (Lipinski definition) is 6. The van der Waals surface area contributed by atoms with Gasteiger partial charge in [-0.05, 0) is 11.6 Å². The minimum absolute atomic E-state index is 0.0191. The summed E-state index contributed by atoms with van der Waals surface area (Å²) in [5, 5.41) is 2.51. The van der Waals surface area contributed by atoms with Gasteiger partial charge in [-0.2, -0.15) is 15.0 Å². The quantitative estimate of drug-likeness (QED) is 0.786. The molecule has 1 N–H and O–H groups in total. The van der Waals surface area contributed by atoms with Crippen LogP contribution >= 0.6 is 11.6 Å². The maximum absolute atomic E-state index is 11.1. The Morgan fingerprint density at radius 1 is 1.50 bits per heavy atom. The molecular weight excluding hydrogens is 234 g/mol. The Bertz CT molecular complexity index is 387. The molecule has 16 heavy (non-hydrogen) atoms. The maximum Gasteiger partial charge on any atom is 0.322 e. The summed E-state index contributed by atoms with van der Waals surface area (Å²) in [6.07, 6.45) is 0. The first-order valence-electron chi connectivity index (χ1n) is 4.44. The van der Waals surface area contributed by atoms with Crippen LogP contribution < -0.4 is 15.0 Å². The molecule has 0 atom stereocenters. The van der Waals surface area contributed by atoms with Crippen molar-refractivity contribution >= 4 is 23.5 Å². The number of rotatable bonds is 4. The molecule has 0 saturated carbocycles. The number of hydrogen-bond donors (Lipinski definition) is 1. The maximum atomic E-state index is 11.1. The number of nitrogens with one attached hydrogen (secondary N) is 1. The second-order valence-corrected chi connectivity index (χ2v) is 3.26. The van der Waals surface area contributed by atoms with E-state index in [1.54, 1.807) is 14.1 Å². The van der Waals surface area contributed by atoms with Crippen molar-refractivity contribution in [1.29, 1.82) is 0 Å². The van der Waals surface area contributed by atoms with E-state index in [-0.39, 0.29) is 29.7 Å². The van der Waals surface area contributed by atoms with Crippen LogP contribution in [0.2, 0.25) is 5.28 Å². The van der Waals surface area contributed by atoms with Gasteiger partial charge >= 0.3 is 6.01 Å². The number of carbonyl (C=O) groups excluding carboxylic acids is 1. The minimum Gasteiger partial charge on any atom is -0.467 e. The average molecular weight is 246 g/mol. The highest BCUT2D eigenvalue weighted by Gasteiger charge is 2.11. The van der Waals surface area contributed by atoms with Crippen LogP contribution in [-0.4, -0.2) is 48.6 Å². The van der Waals surface area contributed by atoms with Gasteiger partial charge in [0, 0.05) is 14.1 Å². The lowest BCUT2D eigenvalue weighted by Crippen LogP contribution is -2.34. The van der Waals surface area contributed by atoms with E-state index < -0.39 is 0 Å². The van der Waals surface area contributed by atoms with E-state index in [0.29, 0.717) is 0 Å². The number of aromatic nitrogens is 3. The summed E-state index contributed by atoms with van der Waals surface area (Å²) in [4.78, 5) is 24.2. The molecule has 0 aliphatic rings. The van der Waals surface area contributed by atoms with E-state index >= 15 is 0 Å². The topological polar surface area (TPSA) is 80.2 Å². The Balaban J connectivity index is 2.86. The minimum atomic E-state index is -0.155. The summed E-state index contributed by atoms with van der Waals surface area (Å²) >= 11 is 5.67. The Hall–Kier alpha value is -1.63. The lowest BCUT2D eigenvalue weighted by atomic mass is 10.5. The molecule has 7 nitrogen and oxygen atoms in total. The van der Waals surface area contributed by atoms with Gasteiger partial charge < -0.3 is 15.0 Å². The van der Waals surface area contributed by atoms with Crippen LogP contribution in [0.3, 0.4) is 0 Å². The van der Waals surface area contributed by atoms with Crippen LogP contribution in [0.25, 0.3) is 0 Å². The molecule has 0 aliphatic carbocycles. The van der Waals surface area contributed by atoms with Gasteiger partial charge in [0.2, 0.25) is 17.1 Å². The molecule has 0 aromatic carbocycles. The lowest BCUT2D eigenvalue weighted by molar-refractivity contribution is -0.119. The first kappa shape index (κ1) is 12.4. The molecule has 1 amide bonds. The highest BCUT2D eigenvalue weighted by molar-refractivity contribution is 6.28. The van der Waals surface area contributed by atoms with Crippen LogP contribution in [0, 0.1) is 0 Å². The Kier molecular flexibility index (Phi) is 4.24. The molecule has 1 aromatic rings. The average Bonchev–Trinajstić information content (AvgIpc) is 2.27. The Morgan fingerprint density at radius 2 is 2.19 bits per heavy atom. The van der Waals surface area contributed by atoms with E-state index in [9.17, 15) is 4.79 Å². The second-order valence-electron chi connectivity index (χ2n) is 2.92. The molecular formula is C8H12ClN5O2. The molecule has 1 rings (SSSR count). The molecule has 0 aliphatic heterocycles. The molecule has 0 saturated heterocycles. The van der Waals surface area contributed by atoms with Gasteiger partial charge in [0.15, 0.2) is 0 Å². The molecule has 0 bridgehead atoms. The van der Waals surface area contributed by atoms with Crippen LogP contribution in [-0.2, 0) is 4.79 Å². The number of carbonyl (C=O) groups is 1. The van der Waals surface area contributed by atoms with Crippen molar-refractivity contribution in [1.82, 2.24) is 20.3 Å². The molecule has 8 heteroatoms. The lowest BCUT2D eigenvalue weighted by Gasteiger charge is -2.15. The third-order valence-corrected chi connectivity index (χ3v) is 1.93. The number of likely N-dealkylation sites (N-methyl/N-ethyl adjacent to an activating group) is 2. The van der Waals surface area contributed by atoms with Crippen molar-refractivity contribution in [2.24, 2.45) is 0 Å². The summed E-state index contributed by atoms with van der Waals surface area (Å²) in [5.74, 6) is 0.124. The fourth-order valence-electron chi connectivity index (χ4n) is 0.949. The fourth-order valence-corrected chi connectivity index (χ4v) is 1.10. The molecule has 0 radical (unpaired) electrons. The Labute approximate surface area is 97.8 Å². The first-order chi connectivity index (χ1) is 7.56. The summed E-state index contributed by atoms with van der Waals surface area (Å²) < 4.78 is 4.84. The van der Waals surface area contributed by atoms with Gasteiger partial charge in [-0.15, -0.1) is 0 Å². The van der Waals surface area contributed by atoms with Gasteiger partial charge in [-0.1, -0.05) is 0 Å². The molecule has 0 fully saturated rings.